The van der Waals surface area contributed by atoms with Crippen molar-refractivity contribution in [3.8, 4) is 5.75 Å². The van der Waals surface area contributed by atoms with Crippen LogP contribution in [-0.2, 0) is 0 Å². The summed E-state index contributed by atoms with van der Waals surface area (Å²) in [6, 6.07) is 3.31. The zero-order valence-electron chi connectivity index (χ0n) is 12.8. The number of hydrogen-bond donors (Lipinski definition) is 1. The van der Waals surface area contributed by atoms with Gasteiger partial charge in [0.15, 0.2) is 0 Å². The Balaban J connectivity index is 2.89. The zero-order valence-corrected chi connectivity index (χ0v) is 13.7. The first-order valence-electron chi connectivity index (χ1n) is 6.66. The lowest BCUT2D eigenvalue weighted by atomic mass is 9.82. The number of ether oxygens (including phenoxy) is 1. The molecule has 0 fully saturated rings. The maximum absolute atomic E-state index is 10.9. The number of nitrogens with zero attached hydrogens (tertiary/aromatic N) is 1. The minimum atomic E-state index is -0.363. The summed E-state index contributed by atoms with van der Waals surface area (Å²) < 4.78 is 5.86. The summed E-state index contributed by atoms with van der Waals surface area (Å²) in [4.78, 5) is 10.5. The van der Waals surface area contributed by atoms with Gasteiger partial charge in [-0.2, -0.15) is 12.6 Å². The van der Waals surface area contributed by atoms with Crippen LogP contribution in [0.2, 0.25) is 0 Å². The van der Waals surface area contributed by atoms with E-state index in [2.05, 4.69) is 33.4 Å². The average molecular weight is 297 g/mol. The van der Waals surface area contributed by atoms with E-state index in [1.165, 1.54) is 0 Å². The first-order chi connectivity index (χ1) is 9.16. The molecular formula is C15H23NO3S. The molecular weight excluding hydrogens is 274 g/mol. The van der Waals surface area contributed by atoms with Crippen molar-refractivity contribution < 1.29 is 9.66 Å². The van der Waals surface area contributed by atoms with E-state index in [-0.39, 0.29) is 16.0 Å². The molecule has 4 nitrogen and oxygen atoms in total. The molecule has 1 unspecified atom stereocenters. The van der Waals surface area contributed by atoms with Gasteiger partial charge in [-0.1, -0.05) is 20.8 Å². The standard InChI is InChI=1S/C15H23NO3S/c1-10-7-14(11(2)6-13(10)16(17)18)19-8-12(9-20)15(3,4)5/h6-7,12,20H,8-9H2,1-5H3. The van der Waals surface area contributed by atoms with Crippen molar-refractivity contribution in [3.63, 3.8) is 0 Å². The normalized spacial score (nSPS) is 13.1. The maximum atomic E-state index is 10.9. The number of thiol groups is 1. The molecule has 0 N–H and O–H groups in total. The Kier molecular flexibility index (Phi) is 5.45. The molecule has 0 saturated heterocycles. The topological polar surface area (TPSA) is 52.4 Å². The summed E-state index contributed by atoms with van der Waals surface area (Å²) in [5.41, 5.74) is 1.66. The van der Waals surface area contributed by atoms with Gasteiger partial charge in [-0.05, 0) is 36.6 Å². The Morgan fingerprint density at radius 3 is 2.35 bits per heavy atom. The fourth-order valence-electron chi connectivity index (χ4n) is 1.89. The van der Waals surface area contributed by atoms with E-state index in [4.69, 9.17) is 4.74 Å². The van der Waals surface area contributed by atoms with Gasteiger partial charge < -0.3 is 4.74 Å². The Hall–Kier alpha value is -1.23. The molecule has 112 valence electrons. The molecule has 0 aliphatic heterocycles. The Morgan fingerprint density at radius 1 is 1.30 bits per heavy atom. The second-order valence-electron chi connectivity index (χ2n) is 6.22. The van der Waals surface area contributed by atoms with Crippen LogP contribution in [-0.4, -0.2) is 17.3 Å². The van der Waals surface area contributed by atoms with Crippen LogP contribution >= 0.6 is 12.6 Å². The van der Waals surface area contributed by atoms with Gasteiger partial charge in [-0.25, -0.2) is 0 Å². The molecule has 0 spiro atoms. The van der Waals surface area contributed by atoms with E-state index in [9.17, 15) is 10.1 Å². The van der Waals surface area contributed by atoms with Crippen molar-refractivity contribution in [1.82, 2.24) is 0 Å². The highest BCUT2D eigenvalue weighted by Gasteiger charge is 2.24. The highest BCUT2D eigenvalue weighted by atomic mass is 32.1. The predicted octanol–water partition coefficient (Wildman–Crippen LogP) is 4.18. The van der Waals surface area contributed by atoms with E-state index in [1.54, 1.807) is 19.1 Å². The van der Waals surface area contributed by atoms with Gasteiger partial charge in [-0.3, -0.25) is 10.1 Å². The van der Waals surface area contributed by atoms with Crippen LogP contribution in [0.25, 0.3) is 0 Å². The van der Waals surface area contributed by atoms with E-state index in [0.29, 0.717) is 23.8 Å². The summed E-state index contributed by atoms with van der Waals surface area (Å²) in [5, 5.41) is 10.9. The van der Waals surface area contributed by atoms with Gasteiger partial charge in [-0.15, -0.1) is 0 Å². The molecule has 1 aromatic carbocycles. The number of nitro groups is 1. The van der Waals surface area contributed by atoms with Gasteiger partial charge in [0.25, 0.3) is 5.69 Å². The molecule has 0 radical (unpaired) electrons. The number of rotatable bonds is 5. The Morgan fingerprint density at radius 2 is 1.90 bits per heavy atom. The summed E-state index contributed by atoms with van der Waals surface area (Å²) >= 11 is 4.38. The third kappa shape index (κ3) is 4.13. The fourth-order valence-corrected chi connectivity index (χ4v) is 2.55. The maximum Gasteiger partial charge on any atom is 0.272 e. The lowest BCUT2D eigenvalue weighted by molar-refractivity contribution is -0.385. The fraction of sp³-hybridized carbons (Fsp3) is 0.600. The highest BCUT2D eigenvalue weighted by molar-refractivity contribution is 7.80. The Labute approximate surface area is 126 Å². The van der Waals surface area contributed by atoms with E-state index < -0.39 is 0 Å². The molecule has 0 aliphatic rings. The predicted molar refractivity (Wildman–Crippen MR) is 84.9 cm³/mol. The first kappa shape index (κ1) is 16.8. The average Bonchev–Trinajstić information content (AvgIpc) is 2.31. The third-order valence-electron chi connectivity index (χ3n) is 3.58. The summed E-state index contributed by atoms with van der Waals surface area (Å²) in [6.07, 6.45) is 0. The third-order valence-corrected chi connectivity index (χ3v) is 4.02. The lowest BCUT2D eigenvalue weighted by Gasteiger charge is -2.29. The lowest BCUT2D eigenvalue weighted by Crippen LogP contribution is -2.28. The number of nitro benzene ring substituents is 1. The number of benzene rings is 1. The molecule has 5 heteroatoms. The molecule has 20 heavy (non-hydrogen) atoms. The van der Waals surface area contributed by atoms with E-state index in [1.807, 2.05) is 6.92 Å². The number of aryl methyl sites for hydroxylation is 2. The molecule has 0 aromatic heterocycles. The minimum Gasteiger partial charge on any atom is -0.493 e. The van der Waals surface area contributed by atoms with Crippen LogP contribution in [0, 0.1) is 35.3 Å². The second-order valence-corrected chi connectivity index (χ2v) is 6.58. The zero-order chi connectivity index (χ0) is 15.5. The molecule has 0 saturated carbocycles. The van der Waals surface area contributed by atoms with Crippen molar-refractivity contribution in [1.29, 1.82) is 0 Å². The van der Waals surface area contributed by atoms with Crippen LogP contribution in [0.1, 0.15) is 31.9 Å². The molecule has 0 aliphatic carbocycles. The second kappa shape index (κ2) is 6.48. The van der Waals surface area contributed by atoms with Crippen LogP contribution in [0.5, 0.6) is 5.75 Å². The highest BCUT2D eigenvalue weighted by Crippen LogP contribution is 2.31. The quantitative estimate of drug-likeness (QED) is 0.504. The minimum absolute atomic E-state index is 0.117. The smallest absolute Gasteiger partial charge is 0.272 e. The molecule has 0 heterocycles. The van der Waals surface area contributed by atoms with E-state index in [0.717, 1.165) is 11.3 Å². The van der Waals surface area contributed by atoms with Gasteiger partial charge >= 0.3 is 0 Å². The van der Waals surface area contributed by atoms with Crippen LogP contribution < -0.4 is 4.74 Å². The summed E-state index contributed by atoms with van der Waals surface area (Å²) in [6.45, 7) is 10.6. The van der Waals surface area contributed by atoms with Gasteiger partial charge in [0.2, 0.25) is 0 Å². The molecule has 1 aromatic rings. The van der Waals surface area contributed by atoms with Crippen molar-refractivity contribution in [3.05, 3.63) is 33.4 Å². The summed E-state index contributed by atoms with van der Waals surface area (Å²) in [5.74, 6) is 1.78. The molecule has 0 bridgehead atoms. The van der Waals surface area contributed by atoms with E-state index >= 15 is 0 Å². The van der Waals surface area contributed by atoms with Crippen LogP contribution in [0.15, 0.2) is 12.1 Å². The molecule has 1 atom stereocenters. The van der Waals surface area contributed by atoms with Crippen LogP contribution in [0.3, 0.4) is 0 Å². The van der Waals surface area contributed by atoms with Crippen molar-refractivity contribution in [2.45, 2.75) is 34.6 Å². The van der Waals surface area contributed by atoms with Crippen molar-refractivity contribution >= 4 is 18.3 Å². The molecule has 1 rings (SSSR count). The molecule has 0 amide bonds. The van der Waals surface area contributed by atoms with Gasteiger partial charge in [0.05, 0.1) is 11.5 Å². The van der Waals surface area contributed by atoms with Crippen molar-refractivity contribution in [2.75, 3.05) is 12.4 Å². The largest absolute Gasteiger partial charge is 0.493 e. The van der Waals surface area contributed by atoms with Crippen LogP contribution in [0.4, 0.5) is 5.69 Å². The first-order valence-corrected chi connectivity index (χ1v) is 7.29. The Bertz CT molecular complexity index is 495. The summed E-state index contributed by atoms with van der Waals surface area (Å²) in [7, 11) is 0. The van der Waals surface area contributed by atoms with Crippen molar-refractivity contribution in [2.24, 2.45) is 11.3 Å². The van der Waals surface area contributed by atoms with Gasteiger partial charge in [0, 0.05) is 17.5 Å². The SMILES string of the molecule is Cc1cc([N+](=O)[O-])c(C)cc1OCC(CS)C(C)(C)C. The van der Waals surface area contributed by atoms with Gasteiger partial charge in [0.1, 0.15) is 5.75 Å². The monoisotopic (exact) mass is 297 g/mol. The number of hydrogen-bond acceptors (Lipinski definition) is 4.